The Labute approximate surface area is 119 Å². The van der Waals surface area contributed by atoms with Crippen molar-refractivity contribution in [3.63, 3.8) is 0 Å². The summed E-state index contributed by atoms with van der Waals surface area (Å²) in [5.41, 5.74) is 3.13. The summed E-state index contributed by atoms with van der Waals surface area (Å²) in [5.74, 6) is 0.651. The van der Waals surface area contributed by atoms with Crippen LogP contribution in [-0.2, 0) is 0 Å². The highest BCUT2D eigenvalue weighted by Gasteiger charge is 2.05. The van der Waals surface area contributed by atoms with Crippen LogP contribution >= 0.6 is 0 Å². The molecule has 0 bridgehead atoms. The number of hydrogen-bond acceptors (Lipinski definition) is 3. The Bertz CT molecular complexity index is 633. The minimum atomic E-state index is 0.651. The van der Waals surface area contributed by atoms with Gasteiger partial charge in [-0.1, -0.05) is 48.6 Å². The molecule has 4 nitrogen and oxygen atoms in total. The summed E-state index contributed by atoms with van der Waals surface area (Å²) in [4.78, 5) is 1.55. The second kappa shape index (κ2) is 6.61. The highest BCUT2D eigenvalue weighted by Crippen LogP contribution is 2.11. The van der Waals surface area contributed by atoms with Gasteiger partial charge in [0, 0.05) is 0 Å². The molecule has 4 heteroatoms. The van der Waals surface area contributed by atoms with Gasteiger partial charge in [0.05, 0.1) is 5.69 Å². The zero-order valence-electron chi connectivity index (χ0n) is 11.8. The molecule has 20 heavy (non-hydrogen) atoms. The van der Waals surface area contributed by atoms with Crippen LogP contribution in [0.15, 0.2) is 55.1 Å². The van der Waals surface area contributed by atoms with Gasteiger partial charge in [0.15, 0.2) is 0 Å². The van der Waals surface area contributed by atoms with Crippen molar-refractivity contribution in [2.45, 2.75) is 20.3 Å². The van der Waals surface area contributed by atoms with Crippen LogP contribution < -0.4 is 0 Å². The first-order chi connectivity index (χ1) is 9.70. The molecule has 0 radical (unpaired) electrons. The fourth-order valence-corrected chi connectivity index (χ4v) is 1.67. The van der Waals surface area contributed by atoms with Crippen molar-refractivity contribution in [3.8, 4) is 5.69 Å². The van der Waals surface area contributed by atoms with E-state index in [1.165, 1.54) is 5.56 Å². The standard InChI is InChI=1S/C16H18N4/c1-4-5-6-7-8-14(3)16-17-19-20(18-16)15-11-9-13(2)10-12-15/h4-6,8-12H,1,7H2,2-3H3/b6-5-,14-8+. The quantitative estimate of drug-likeness (QED) is 0.778. The van der Waals surface area contributed by atoms with Crippen molar-refractivity contribution in [1.82, 2.24) is 20.2 Å². The van der Waals surface area contributed by atoms with Crippen molar-refractivity contribution in [2.75, 3.05) is 0 Å². The summed E-state index contributed by atoms with van der Waals surface area (Å²) in [6.45, 7) is 7.67. The Morgan fingerprint density at radius 3 is 2.75 bits per heavy atom. The zero-order valence-corrected chi connectivity index (χ0v) is 11.8. The predicted molar refractivity (Wildman–Crippen MR) is 81.5 cm³/mol. The molecule has 0 amide bonds. The van der Waals surface area contributed by atoms with Crippen LogP contribution in [0.25, 0.3) is 11.3 Å². The Morgan fingerprint density at radius 1 is 1.30 bits per heavy atom. The van der Waals surface area contributed by atoms with E-state index in [0.29, 0.717) is 5.82 Å². The van der Waals surface area contributed by atoms with Crippen LogP contribution in [0.5, 0.6) is 0 Å². The van der Waals surface area contributed by atoms with Gasteiger partial charge < -0.3 is 0 Å². The molecule has 2 aromatic rings. The number of aryl methyl sites for hydroxylation is 1. The summed E-state index contributed by atoms with van der Waals surface area (Å²) in [7, 11) is 0. The molecule has 0 N–H and O–H groups in total. The topological polar surface area (TPSA) is 43.6 Å². The largest absolute Gasteiger partial charge is 0.200 e. The van der Waals surface area contributed by atoms with Gasteiger partial charge in [0.25, 0.3) is 0 Å². The number of allylic oxidation sites excluding steroid dienone is 5. The lowest BCUT2D eigenvalue weighted by Crippen LogP contribution is -1.98. The van der Waals surface area contributed by atoms with Gasteiger partial charge in [0.1, 0.15) is 0 Å². The molecular formula is C16H18N4. The first-order valence-corrected chi connectivity index (χ1v) is 6.52. The van der Waals surface area contributed by atoms with Gasteiger partial charge in [-0.05, 0) is 43.2 Å². The van der Waals surface area contributed by atoms with Gasteiger partial charge in [-0.25, -0.2) is 0 Å². The lowest BCUT2D eigenvalue weighted by Gasteiger charge is -1.98. The van der Waals surface area contributed by atoms with Gasteiger partial charge in [0.2, 0.25) is 5.82 Å². The summed E-state index contributed by atoms with van der Waals surface area (Å²) in [6.07, 6.45) is 8.60. The molecule has 0 atom stereocenters. The van der Waals surface area contributed by atoms with Crippen LogP contribution in [0.1, 0.15) is 24.7 Å². The van der Waals surface area contributed by atoms with Crippen molar-refractivity contribution >= 4 is 5.57 Å². The van der Waals surface area contributed by atoms with E-state index in [1.54, 1.807) is 10.9 Å². The highest BCUT2D eigenvalue weighted by molar-refractivity contribution is 5.56. The Morgan fingerprint density at radius 2 is 2.05 bits per heavy atom. The van der Waals surface area contributed by atoms with Crippen molar-refractivity contribution in [1.29, 1.82) is 0 Å². The van der Waals surface area contributed by atoms with Crippen LogP contribution in [0.2, 0.25) is 0 Å². The van der Waals surface area contributed by atoms with Crippen molar-refractivity contribution in [3.05, 3.63) is 66.5 Å². The summed E-state index contributed by atoms with van der Waals surface area (Å²) in [6, 6.07) is 8.02. The van der Waals surface area contributed by atoms with Gasteiger partial charge in [-0.2, -0.15) is 0 Å². The Balaban J connectivity index is 2.14. The van der Waals surface area contributed by atoms with E-state index in [9.17, 15) is 0 Å². The van der Waals surface area contributed by atoms with E-state index in [1.807, 2.05) is 50.3 Å². The Kier molecular flexibility index (Phi) is 4.60. The maximum atomic E-state index is 4.39. The van der Waals surface area contributed by atoms with Gasteiger partial charge >= 0.3 is 0 Å². The molecule has 0 fully saturated rings. The average molecular weight is 266 g/mol. The van der Waals surface area contributed by atoms with E-state index in [-0.39, 0.29) is 0 Å². The fraction of sp³-hybridized carbons (Fsp3) is 0.188. The third kappa shape index (κ3) is 3.51. The van der Waals surface area contributed by atoms with Crippen molar-refractivity contribution < 1.29 is 0 Å². The number of benzene rings is 1. The van der Waals surface area contributed by atoms with E-state index < -0.39 is 0 Å². The highest BCUT2D eigenvalue weighted by atomic mass is 15.6. The summed E-state index contributed by atoms with van der Waals surface area (Å²) >= 11 is 0. The normalized spacial score (nSPS) is 12.0. The zero-order chi connectivity index (χ0) is 14.4. The third-order valence-corrected chi connectivity index (χ3v) is 2.86. The van der Waals surface area contributed by atoms with Crippen LogP contribution in [0.4, 0.5) is 0 Å². The molecular weight excluding hydrogens is 248 g/mol. The van der Waals surface area contributed by atoms with Crippen LogP contribution in [0.3, 0.4) is 0 Å². The molecule has 0 unspecified atom stereocenters. The lowest BCUT2D eigenvalue weighted by molar-refractivity contribution is 0.719. The number of aromatic nitrogens is 4. The minimum Gasteiger partial charge on any atom is -0.131 e. The van der Waals surface area contributed by atoms with Crippen molar-refractivity contribution in [2.24, 2.45) is 0 Å². The molecule has 2 rings (SSSR count). The molecule has 1 aromatic heterocycles. The van der Waals surface area contributed by atoms with E-state index in [4.69, 9.17) is 0 Å². The fourth-order valence-electron chi connectivity index (χ4n) is 1.67. The molecule has 1 aromatic carbocycles. The number of rotatable bonds is 5. The lowest BCUT2D eigenvalue weighted by atomic mass is 10.2. The monoisotopic (exact) mass is 266 g/mol. The van der Waals surface area contributed by atoms with Gasteiger partial charge in [-0.3, -0.25) is 0 Å². The number of tetrazole rings is 1. The first kappa shape index (κ1) is 13.9. The second-order valence-electron chi connectivity index (χ2n) is 4.52. The number of hydrogen-bond donors (Lipinski definition) is 0. The minimum absolute atomic E-state index is 0.651. The van der Waals surface area contributed by atoms with Gasteiger partial charge in [-0.15, -0.1) is 15.0 Å². The van der Waals surface area contributed by atoms with E-state index in [0.717, 1.165) is 17.7 Å². The van der Waals surface area contributed by atoms with E-state index >= 15 is 0 Å². The average Bonchev–Trinajstić information content (AvgIpc) is 2.94. The molecule has 0 aliphatic carbocycles. The Hall–Kier alpha value is -2.49. The van der Waals surface area contributed by atoms with Crippen LogP contribution in [-0.4, -0.2) is 20.2 Å². The number of nitrogens with zero attached hydrogens (tertiary/aromatic N) is 4. The summed E-state index contributed by atoms with van der Waals surface area (Å²) < 4.78 is 0. The summed E-state index contributed by atoms with van der Waals surface area (Å²) in [5, 5.41) is 12.6. The molecule has 102 valence electrons. The maximum Gasteiger partial charge on any atom is 0.200 e. The predicted octanol–water partition coefficient (Wildman–Crippen LogP) is 3.51. The van der Waals surface area contributed by atoms with Crippen LogP contribution in [0, 0.1) is 6.92 Å². The molecule has 0 aliphatic heterocycles. The molecule has 0 aliphatic rings. The molecule has 0 saturated carbocycles. The smallest absolute Gasteiger partial charge is 0.131 e. The molecule has 0 spiro atoms. The second-order valence-corrected chi connectivity index (χ2v) is 4.52. The molecule has 1 heterocycles. The first-order valence-electron chi connectivity index (χ1n) is 6.52. The SMILES string of the molecule is C=C/C=C\C/C=C(\C)c1nnn(-c2ccc(C)cc2)n1. The maximum absolute atomic E-state index is 4.39. The molecule has 0 saturated heterocycles. The third-order valence-electron chi connectivity index (χ3n) is 2.86. The van der Waals surface area contributed by atoms with E-state index in [2.05, 4.69) is 28.1 Å².